The second-order valence-electron chi connectivity index (χ2n) is 3.11. The van der Waals surface area contributed by atoms with Gasteiger partial charge in [-0.3, -0.25) is 4.79 Å². The highest BCUT2D eigenvalue weighted by molar-refractivity contribution is 5.77. The number of carbonyl (C=O) groups is 1. The maximum Gasteiger partial charge on any atom is 0.222 e. The van der Waals surface area contributed by atoms with Gasteiger partial charge >= 0.3 is 0 Å². The lowest BCUT2D eigenvalue weighted by atomic mass is 10.2. The van der Waals surface area contributed by atoms with Crippen molar-refractivity contribution in [1.29, 1.82) is 0 Å². The van der Waals surface area contributed by atoms with E-state index in [1.54, 1.807) is 0 Å². The summed E-state index contributed by atoms with van der Waals surface area (Å²) >= 11 is 0. The molecule has 1 N–H and O–H groups in total. The number of hydrogen-bond acceptors (Lipinski definition) is 1. The molecule has 12 heavy (non-hydrogen) atoms. The molecule has 0 aromatic carbocycles. The van der Waals surface area contributed by atoms with Crippen molar-refractivity contribution in [3.63, 3.8) is 0 Å². The molecule has 0 unspecified atom stereocenters. The van der Waals surface area contributed by atoms with Gasteiger partial charge in [-0.15, -0.1) is 12.3 Å². The number of terminal acetylenes is 1. The number of rotatable bonds is 5. The average Bonchev–Trinajstić information content (AvgIpc) is 2.03. The van der Waals surface area contributed by atoms with Crippen LogP contribution in [-0.2, 0) is 4.79 Å². The quantitative estimate of drug-likeness (QED) is 0.488. The van der Waals surface area contributed by atoms with Crippen LogP contribution in [0.1, 0.15) is 33.1 Å². The molecule has 1 amide bonds. The van der Waals surface area contributed by atoms with Crippen LogP contribution in [0, 0.1) is 18.3 Å². The normalized spacial score (nSPS) is 9.50. The number of nitrogens with one attached hydrogen (secondary N) is 1. The van der Waals surface area contributed by atoms with Gasteiger partial charge in [-0.05, 0) is 12.8 Å². The van der Waals surface area contributed by atoms with Crippen molar-refractivity contribution >= 4 is 5.91 Å². The molecular formula is C10H17NO. The summed E-state index contributed by atoms with van der Waals surface area (Å²) in [5.74, 6) is 2.77. The largest absolute Gasteiger partial charge is 0.356 e. The van der Waals surface area contributed by atoms with Gasteiger partial charge in [0, 0.05) is 18.9 Å². The van der Waals surface area contributed by atoms with Gasteiger partial charge in [-0.1, -0.05) is 13.8 Å². The predicted molar refractivity (Wildman–Crippen MR) is 50.5 cm³/mol. The number of carbonyl (C=O) groups excluding carboxylic acids is 1. The van der Waals surface area contributed by atoms with Crippen molar-refractivity contribution < 1.29 is 4.79 Å². The van der Waals surface area contributed by atoms with Gasteiger partial charge in [0.25, 0.3) is 0 Å². The Morgan fingerprint density at radius 1 is 1.50 bits per heavy atom. The average molecular weight is 167 g/mol. The zero-order valence-corrected chi connectivity index (χ0v) is 7.89. The van der Waals surface area contributed by atoms with Crippen LogP contribution in [-0.4, -0.2) is 12.5 Å². The molecule has 0 fully saturated rings. The Labute approximate surface area is 74.7 Å². The summed E-state index contributed by atoms with van der Waals surface area (Å²) in [7, 11) is 0. The first kappa shape index (κ1) is 11.0. The van der Waals surface area contributed by atoms with E-state index in [0.29, 0.717) is 0 Å². The molecule has 0 saturated heterocycles. The summed E-state index contributed by atoms with van der Waals surface area (Å²) in [5.41, 5.74) is 0. The molecule has 0 bridgehead atoms. The van der Waals surface area contributed by atoms with E-state index in [-0.39, 0.29) is 11.8 Å². The molecule has 0 heterocycles. The van der Waals surface area contributed by atoms with E-state index in [1.807, 2.05) is 13.8 Å². The summed E-state index contributed by atoms with van der Waals surface area (Å²) in [6.45, 7) is 4.52. The second-order valence-corrected chi connectivity index (χ2v) is 3.11. The highest BCUT2D eigenvalue weighted by atomic mass is 16.1. The van der Waals surface area contributed by atoms with Crippen molar-refractivity contribution in [3.8, 4) is 12.3 Å². The first-order valence-corrected chi connectivity index (χ1v) is 4.39. The van der Waals surface area contributed by atoms with E-state index in [0.717, 1.165) is 25.8 Å². The fraction of sp³-hybridized carbons (Fsp3) is 0.700. The Morgan fingerprint density at radius 3 is 2.67 bits per heavy atom. The summed E-state index contributed by atoms with van der Waals surface area (Å²) in [4.78, 5) is 11.0. The molecule has 0 aliphatic rings. The van der Waals surface area contributed by atoms with Crippen molar-refractivity contribution in [2.24, 2.45) is 5.92 Å². The van der Waals surface area contributed by atoms with E-state index in [4.69, 9.17) is 6.42 Å². The lowest BCUT2D eigenvalue weighted by molar-refractivity contribution is -0.123. The second kappa shape index (κ2) is 6.72. The summed E-state index contributed by atoms with van der Waals surface area (Å²) in [6, 6.07) is 0. The van der Waals surface area contributed by atoms with E-state index < -0.39 is 0 Å². The lowest BCUT2D eigenvalue weighted by Crippen LogP contribution is -2.28. The Bertz CT molecular complexity index is 167. The van der Waals surface area contributed by atoms with Crippen LogP contribution in [0.15, 0.2) is 0 Å². The third-order valence-electron chi connectivity index (χ3n) is 1.57. The van der Waals surface area contributed by atoms with Gasteiger partial charge in [-0.25, -0.2) is 0 Å². The highest BCUT2D eigenvalue weighted by Gasteiger charge is 2.03. The maximum absolute atomic E-state index is 11.0. The zero-order valence-electron chi connectivity index (χ0n) is 7.89. The molecule has 68 valence electrons. The summed E-state index contributed by atoms with van der Waals surface area (Å²) in [6.07, 6.45) is 7.85. The SMILES string of the molecule is C#CCCCCNC(=O)C(C)C. The fourth-order valence-corrected chi connectivity index (χ4v) is 0.768. The highest BCUT2D eigenvalue weighted by Crippen LogP contribution is 1.94. The van der Waals surface area contributed by atoms with Gasteiger partial charge in [0.1, 0.15) is 0 Å². The van der Waals surface area contributed by atoms with Crippen LogP contribution in [0.2, 0.25) is 0 Å². The summed E-state index contributed by atoms with van der Waals surface area (Å²) < 4.78 is 0. The topological polar surface area (TPSA) is 29.1 Å². The van der Waals surface area contributed by atoms with Gasteiger partial charge in [0.05, 0.1) is 0 Å². The molecule has 2 nitrogen and oxygen atoms in total. The monoisotopic (exact) mass is 167 g/mol. The van der Waals surface area contributed by atoms with Gasteiger partial charge in [0.15, 0.2) is 0 Å². The van der Waals surface area contributed by atoms with Gasteiger partial charge in [-0.2, -0.15) is 0 Å². The smallest absolute Gasteiger partial charge is 0.222 e. The first-order chi connectivity index (χ1) is 5.68. The standard InChI is InChI=1S/C10H17NO/c1-4-5-6-7-8-11-10(12)9(2)3/h1,9H,5-8H2,2-3H3,(H,11,12). The maximum atomic E-state index is 11.0. The molecular weight excluding hydrogens is 150 g/mol. The van der Waals surface area contributed by atoms with Crippen LogP contribution in [0.25, 0.3) is 0 Å². The number of unbranched alkanes of at least 4 members (excludes halogenated alkanes) is 2. The third-order valence-corrected chi connectivity index (χ3v) is 1.57. The molecule has 2 heteroatoms. The van der Waals surface area contributed by atoms with E-state index >= 15 is 0 Å². The van der Waals surface area contributed by atoms with Crippen molar-refractivity contribution in [2.75, 3.05) is 6.54 Å². The molecule has 0 radical (unpaired) electrons. The van der Waals surface area contributed by atoms with Crippen LogP contribution in [0.5, 0.6) is 0 Å². The Hall–Kier alpha value is -0.970. The molecule has 0 aromatic rings. The van der Waals surface area contributed by atoms with Crippen molar-refractivity contribution in [3.05, 3.63) is 0 Å². The predicted octanol–water partition coefficient (Wildman–Crippen LogP) is 1.56. The minimum atomic E-state index is 0.0811. The fourth-order valence-electron chi connectivity index (χ4n) is 0.768. The molecule has 0 aliphatic carbocycles. The minimum Gasteiger partial charge on any atom is -0.356 e. The van der Waals surface area contributed by atoms with Crippen LogP contribution >= 0.6 is 0 Å². The Kier molecular flexibility index (Phi) is 6.18. The number of amides is 1. The number of hydrogen-bond donors (Lipinski definition) is 1. The molecule has 0 rings (SSSR count). The zero-order chi connectivity index (χ0) is 9.40. The Morgan fingerprint density at radius 2 is 2.17 bits per heavy atom. The molecule has 0 aromatic heterocycles. The third kappa shape index (κ3) is 5.79. The van der Waals surface area contributed by atoms with Crippen LogP contribution in [0.4, 0.5) is 0 Å². The Balaban J connectivity index is 3.21. The summed E-state index contributed by atoms with van der Waals surface area (Å²) in [5, 5.41) is 2.83. The van der Waals surface area contributed by atoms with Gasteiger partial charge in [0.2, 0.25) is 5.91 Å². The molecule has 0 saturated carbocycles. The van der Waals surface area contributed by atoms with E-state index in [1.165, 1.54) is 0 Å². The molecule has 0 aliphatic heterocycles. The van der Waals surface area contributed by atoms with Crippen LogP contribution in [0.3, 0.4) is 0 Å². The lowest BCUT2D eigenvalue weighted by Gasteiger charge is -2.05. The molecule has 0 atom stereocenters. The van der Waals surface area contributed by atoms with Crippen molar-refractivity contribution in [2.45, 2.75) is 33.1 Å². The molecule has 0 spiro atoms. The van der Waals surface area contributed by atoms with Crippen molar-refractivity contribution in [1.82, 2.24) is 5.32 Å². The van der Waals surface area contributed by atoms with E-state index in [2.05, 4.69) is 11.2 Å². The first-order valence-electron chi connectivity index (χ1n) is 4.39. The van der Waals surface area contributed by atoms with E-state index in [9.17, 15) is 4.79 Å². The van der Waals surface area contributed by atoms with Crippen LogP contribution < -0.4 is 5.32 Å². The minimum absolute atomic E-state index is 0.0811. The van der Waals surface area contributed by atoms with Gasteiger partial charge < -0.3 is 5.32 Å².